The lowest BCUT2D eigenvalue weighted by Gasteiger charge is -2.26. The number of hydrogen-bond acceptors (Lipinski definition) is 4. The fourth-order valence-corrected chi connectivity index (χ4v) is 2.53. The molecule has 1 fully saturated rings. The Morgan fingerprint density at radius 1 is 1.39 bits per heavy atom. The fourth-order valence-electron chi connectivity index (χ4n) is 2.53. The smallest absolute Gasteiger partial charge is 0.122 e. The number of nitrogens with one attached hydrogen (secondary N) is 1. The first-order valence-electron chi connectivity index (χ1n) is 6.75. The Morgan fingerprint density at radius 3 is 2.89 bits per heavy atom. The molecule has 1 aliphatic heterocycles. The van der Waals surface area contributed by atoms with Crippen LogP contribution in [-0.4, -0.2) is 38.8 Å². The van der Waals surface area contributed by atoms with Crippen LogP contribution < -0.4 is 5.32 Å². The van der Waals surface area contributed by atoms with Crippen LogP contribution >= 0.6 is 0 Å². The molecule has 1 N–H and O–H groups in total. The maximum absolute atomic E-state index is 5.57. The lowest BCUT2D eigenvalue weighted by atomic mass is 10.00. The summed E-state index contributed by atoms with van der Waals surface area (Å²) in [7, 11) is 4.13. The molecule has 1 aromatic heterocycles. The number of hydrogen-bond donors (Lipinski definition) is 1. The van der Waals surface area contributed by atoms with E-state index in [1.807, 2.05) is 13.1 Å². The van der Waals surface area contributed by atoms with Crippen molar-refractivity contribution < 1.29 is 9.15 Å². The van der Waals surface area contributed by atoms with Gasteiger partial charge in [0.25, 0.3) is 0 Å². The van der Waals surface area contributed by atoms with E-state index in [4.69, 9.17) is 9.15 Å². The highest BCUT2D eigenvalue weighted by atomic mass is 16.5. The summed E-state index contributed by atoms with van der Waals surface area (Å²) < 4.78 is 11.0. The van der Waals surface area contributed by atoms with E-state index in [-0.39, 0.29) is 0 Å². The molecule has 0 bridgehead atoms. The highest BCUT2D eigenvalue weighted by Gasteiger charge is 2.17. The normalized spacial score (nSPS) is 17.5. The molecule has 0 atom stereocenters. The molecule has 1 aromatic rings. The Hall–Kier alpha value is -0.840. The van der Waals surface area contributed by atoms with Crippen LogP contribution in [0.2, 0.25) is 0 Å². The van der Waals surface area contributed by atoms with Gasteiger partial charge in [-0.1, -0.05) is 0 Å². The van der Waals surface area contributed by atoms with Crippen LogP contribution in [0.1, 0.15) is 24.2 Å². The first kappa shape index (κ1) is 13.6. The third kappa shape index (κ3) is 3.83. The van der Waals surface area contributed by atoms with Crippen molar-refractivity contribution in [3.05, 3.63) is 23.7 Å². The molecule has 2 heterocycles. The van der Waals surface area contributed by atoms with Crippen LogP contribution in [0.4, 0.5) is 0 Å². The molecular weight excluding hydrogens is 228 g/mol. The van der Waals surface area contributed by atoms with E-state index in [0.29, 0.717) is 0 Å². The van der Waals surface area contributed by atoms with Gasteiger partial charge in [0.2, 0.25) is 0 Å². The molecule has 4 nitrogen and oxygen atoms in total. The van der Waals surface area contributed by atoms with E-state index in [1.165, 1.54) is 18.4 Å². The van der Waals surface area contributed by atoms with Gasteiger partial charge in [-0.05, 0) is 38.9 Å². The predicted octanol–water partition coefficient (Wildman–Crippen LogP) is 1.86. The van der Waals surface area contributed by atoms with Crippen molar-refractivity contribution >= 4 is 0 Å². The number of rotatable bonds is 6. The monoisotopic (exact) mass is 252 g/mol. The molecule has 0 amide bonds. The molecule has 0 saturated carbocycles. The molecular formula is C14H24N2O2. The maximum Gasteiger partial charge on any atom is 0.122 e. The second-order valence-corrected chi connectivity index (χ2v) is 5.15. The Kier molecular flexibility index (Phi) is 5.23. The summed E-state index contributed by atoms with van der Waals surface area (Å²) in [5.74, 6) is 1.85. The van der Waals surface area contributed by atoms with Crippen molar-refractivity contribution in [2.24, 2.45) is 5.92 Å². The van der Waals surface area contributed by atoms with Crippen molar-refractivity contribution in [2.45, 2.75) is 25.9 Å². The van der Waals surface area contributed by atoms with Gasteiger partial charge in [-0.15, -0.1) is 0 Å². The van der Waals surface area contributed by atoms with Crippen molar-refractivity contribution in [1.29, 1.82) is 0 Å². The summed E-state index contributed by atoms with van der Waals surface area (Å²) in [6.45, 7) is 4.73. The molecule has 18 heavy (non-hydrogen) atoms. The average molecular weight is 252 g/mol. The van der Waals surface area contributed by atoms with Gasteiger partial charge in [-0.2, -0.15) is 0 Å². The molecule has 0 spiro atoms. The van der Waals surface area contributed by atoms with E-state index in [9.17, 15) is 0 Å². The molecule has 0 aliphatic carbocycles. The van der Waals surface area contributed by atoms with E-state index in [2.05, 4.69) is 17.3 Å². The van der Waals surface area contributed by atoms with Gasteiger partial charge in [0, 0.05) is 31.9 Å². The molecule has 4 heteroatoms. The van der Waals surface area contributed by atoms with E-state index < -0.39 is 0 Å². The SMILES string of the molecule is CNCc1ccoc1CN(C)CC1CCOCC1. The van der Waals surface area contributed by atoms with Gasteiger partial charge in [0.15, 0.2) is 0 Å². The van der Waals surface area contributed by atoms with E-state index in [1.54, 1.807) is 6.26 Å². The van der Waals surface area contributed by atoms with E-state index >= 15 is 0 Å². The van der Waals surface area contributed by atoms with Crippen LogP contribution in [0.15, 0.2) is 16.7 Å². The summed E-state index contributed by atoms with van der Waals surface area (Å²) in [5.41, 5.74) is 1.26. The van der Waals surface area contributed by atoms with Crippen LogP contribution in [0.25, 0.3) is 0 Å². The Bertz CT molecular complexity index is 345. The summed E-state index contributed by atoms with van der Waals surface area (Å²) in [4.78, 5) is 2.36. The third-order valence-electron chi connectivity index (χ3n) is 3.53. The highest BCUT2D eigenvalue weighted by molar-refractivity contribution is 5.16. The second-order valence-electron chi connectivity index (χ2n) is 5.15. The van der Waals surface area contributed by atoms with Crippen molar-refractivity contribution in [3.63, 3.8) is 0 Å². The molecule has 102 valence electrons. The van der Waals surface area contributed by atoms with Gasteiger partial charge in [-0.3, -0.25) is 4.90 Å². The molecule has 0 aromatic carbocycles. The quantitative estimate of drug-likeness (QED) is 0.838. The van der Waals surface area contributed by atoms with Crippen molar-refractivity contribution in [3.8, 4) is 0 Å². The van der Waals surface area contributed by atoms with Crippen LogP contribution in [0.3, 0.4) is 0 Å². The zero-order chi connectivity index (χ0) is 12.8. The minimum atomic E-state index is 0.770. The molecule has 0 radical (unpaired) electrons. The lowest BCUT2D eigenvalue weighted by Crippen LogP contribution is -2.29. The van der Waals surface area contributed by atoms with Gasteiger partial charge >= 0.3 is 0 Å². The lowest BCUT2D eigenvalue weighted by molar-refractivity contribution is 0.0542. The second kappa shape index (κ2) is 6.92. The Balaban J connectivity index is 1.82. The largest absolute Gasteiger partial charge is 0.468 e. The molecule has 1 saturated heterocycles. The minimum absolute atomic E-state index is 0.770. The van der Waals surface area contributed by atoms with Gasteiger partial charge in [0.05, 0.1) is 12.8 Å². The average Bonchev–Trinajstić information content (AvgIpc) is 2.78. The number of furan rings is 1. The summed E-state index contributed by atoms with van der Waals surface area (Å²) in [5, 5.41) is 3.17. The third-order valence-corrected chi connectivity index (χ3v) is 3.53. The summed E-state index contributed by atoms with van der Waals surface area (Å²) >= 11 is 0. The minimum Gasteiger partial charge on any atom is -0.468 e. The Labute approximate surface area is 109 Å². The topological polar surface area (TPSA) is 37.6 Å². The van der Waals surface area contributed by atoms with Crippen LogP contribution in [0.5, 0.6) is 0 Å². The zero-order valence-electron chi connectivity index (χ0n) is 11.4. The van der Waals surface area contributed by atoms with Gasteiger partial charge in [-0.25, -0.2) is 0 Å². The standard InChI is InChI=1S/C14H24N2O2/c1-15-9-13-5-8-18-14(13)11-16(2)10-12-3-6-17-7-4-12/h5,8,12,15H,3-4,6-7,9-11H2,1-2H3. The van der Waals surface area contributed by atoms with Crippen LogP contribution in [0, 0.1) is 5.92 Å². The fraction of sp³-hybridized carbons (Fsp3) is 0.714. The first-order chi connectivity index (χ1) is 8.79. The summed E-state index contributed by atoms with van der Waals surface area (Å²) in [6, 6.07) is 2.05. The number of nitrogens with zero attached hydrogens (tertiary/aromatic N) is 1. The Morgan fingerprint density at radius 2 is 2.17 bits per heavy atom. The predicted molar refractivity (Wildman–Crippen MR) is 71.3 cm³/mol. The molecule has 2 rings (SSSR count). The van der Waals surface area contributed by atoms with E-state index in [0.717, 1.165) is 44.5 Å². The summed E-state index contributed by atoms with van der Waals surface area (Å²) in [6.07, 6.45) is 4.15. The zero-order valence-corrected chi connectivity index (χ0v) is 11.4. The molecule has 0 unspecified atom stereocenters. The van der Waals surface area contributed by atoms with Gasteiger partial charge < -0.3 is 14.5 Å². The highest BCUT2D eigenvalue weighted by Crippen LogP contribution is 2.18. The number of ether oxygens (including phenoxy) is 1. The van der Waals surface area contributed by atoms with Crippen molar-refractivity contribution in [1.82, 2.24) is 10.2 Å². The first-order valence-corrected chi connectivity index (χ1v) is 6.75. The molecule has 1 aliphatic rings. The van der Waals surface area contributed by atoms with Gasteiger partial charge in [0.1, 0.15) is 5.76 Å². The maximum atomic E-state index is 5.57. The van der Waals surface area contributed by atoms with Crippen molar-refractivity contribution in [2.75, 3.05) is 33.9 Å². The van der Waals surface area contributed by atoms with Crippen LogP contribution in [-0.2, 0) is 17.8 Å².